The summed E-state index contributed by atoms with van der Waals surface area (Å²) in [5.74, 6) is 0.787. The highest BCUT2D eigenvalue weighted by Gasteiger charge is 2.13. The lowest BCUT2D eigenvalue weighted by Crippen LogP contribution is -2.15. The minimum atomic E-state index is -2.54. The molecule has 0 fully saturated rings. The number of hydrogen-bond donors (Lipinski definition) is 2. The number of ether oxygens (including phenoxy) is 1. The molecule has 2 rings (SSSR count). The van der Waals surface area contributed by atoms with Gasteiger partial charge in [0.2, 0.25) is 6.35 Å². The zero-order chi connectivity index (χ0) is 13.1. The van der Waals surface area contributed by atoms with Gasteiger partial charge >= 0.3 is 8.03 Å². The Morgan fingerprint density at radius 2 is 2.39 bits per heavy atom. The number of nitrogens with zero attached hydrogens (tertiary/aromatic N) is 3. The number of imidazole rings is 1. The second-order valence-corrected chi connectivity index (χ2v) is 4.69. The highest BCUT2D eigenvalue weighted by atomic mass is 31.1. The first-order valence-corrected chi connectivity index (χ1v) is 6.61. The maximum Gasteiger partial charge on any atom is 0.337 e. The molecule has 3 N–H and O–H groups in total. The first-order chi connectivity index (χ1) is 8.56. The van der Waals surface area contributed by atoms with Crippen LogP contribution >= 0.6 is 8.03 Å². The van der Waals surface area contributed by atoms with E-state index in [0.29, 0.717) is 29.2 Å². The molecule has 2 aromatic heterocycles. The van der Waals surface area contributed by atoms with Crippen molar-refractivity contribution < 1.29 is 14.2 Å². The van der Waals surface area contributed by atoms with Crippen LogP contribution in [0.3, 0.4) is 0 Å². The highest BCUT2D eigenvalue weighted by molar-refractivity contribution is 7.36. The van der Waals surface area contributed by atoms with Gasteiger partial charge in [0, 0.05) is 6.42 Å². The van der Waals surface area contributed by atoms with Crippen molar-refractivity contribution in [3.8, 4) is 0 Å². The molecule has 18 heavy (non-hydrogen) atoms. The van der Waals surface area contributed by atoms with Crippen molar-refractivity contribution in [2.45, 2.75) is 19.4 Å². The van der Waals surface area contributed by atoms with Crippen LogP contribution in [0.5, 0.6) is 0 Å². The van der Waals surface area contributed by atoms with E-state index < -0.39 is 8.03 Å². The van der Waals surface area contributed by atoms with Crippen LogP contribution in [-0.4, -0.2) is 32.4 Å². The molecule has 0 aliphatic heterocycles. The largest absolute Gasteiger partial charge is 0.594 e. The van der Waals surface area contributed by atoms with Gasteiger partial charge in [-0.05, 0) is 6.92 Å². The monoisotopic (exact) mass is 269 g/mol. The summed E-state index contributed by atoms with van der Waals surface area (Å²) in [5, 5.41) is 0. The average molecular weight is 269 g/mol. The second-order valence-electron chi connectivity index (χ2n) is 3.77. The molecule has 0 saturated carbocycles. The molecule has 0 radical (unpaired) electrons. The molecule has 0 bridgehead atoms. The van der Waals surface area contributed by atoms with E-state index in [4.69, 9.17) is 10.5 Å². The molecule has 8 nitrogen and oxygen atoms in total. The molecular weight excluding hydrogens is 257 g/mol. The SMILES string of the molecule is CC(Cc1nc(N)c2[nH]cnc2n1)OC[P+](=O)[O-]. The van der Waals surface area contributed by atoms with Crippen molar-refractivity contribution >= 4 is 25.0 Å². The molecule has 0 saturated heterocycles. The minimum Gasteiger partial charge on any atom is -0.594 e. The van der Waals surface area contributed by atoms with Crippen LogP contribution in [0.2, 0.25) is 0 Å². The van der Waals surface area contributed by atoms with E-state index in [1.807, 2.05) is 0 Å². The third kappa shape index (κ3) is 2.98. The Labute approximate surface area is 103 Å². The van der Waals surface area contributed by atoms with Crippen LogP contribution in [0, 0.1) is 0 Å². The Hall–Kier alpha value is -1.63. The number of anilines is 1. The van der Waals surface area contributed by atoms with Gasteiger partial charge in [0.25, 0.3) is 0 Å². The third-order valence-electron chi connectivity index (χ3n) is 2.29. The number of nitrogen functional groups attached to an aromatic ring is 1. The fraction of sp³-hybridized carbons (Fsp3) is 0.444. The fourth-order valence-corrected chi connectivity index (χ4v) is 1.87. The molecule has 0 aliphatic rings. The standard InChI is InChI=1S/C9H12N5O3P/c1-5(17-4-18(15)16)2-6-13-8(10)7-9(14-6)12-3-11-7/h3,5H,2,4H2,1H3,(H3,10,11,12,13,14). The normalized spacial score (nSPS) is 13.8. The van der Waals surface area contributed by atoms with Gasteiger partial charge in [-0.1, -0.05) is 4.57 Å². The van der Waals surface area contributed by atoms with Gasteiger partial charge in [0.15, 0.2) is 11.5 Å². The van der Waals surface area contributed by atoms with E-state index in [-0.39, 0.29) is 12.5 Å². The summed E-state index contributed by atoms with van der Waals surface area (Å²) in [5.41, 5.74) is 6.82. The number of rotatable bonds is 5. The summed E-state index contributed by atoms with van der Waals surface area (Å²) in [6, 6.07) is 0. The lowest BCUT2D eigenvalue weighted by Gasteiger charge is -2.09. The van der Waals surface area contributed by atoms with E-state index >= 15 is 0 Å². The average Bonchev–Trinajstić information content (AvgIpc) is 2.75. The van der Waals surface area contributed by atoms with Gasteiger partial charge in [-0.15, -0.1) is 0 Å². The van der Waals surface area contributed by atoms with Crippen LogP contribution in [0.1, 0.15) is 12.7 Å². The summed E-state index contributed by atoms with van der Waals surface area (Å²) >= 11 is 0. The van der Waals surface area contributed by atoms with Crippen molar-refractivity contribution in [3.05, 3.63) is 12.2 Å². The van der Waals surface area contributed by atoms with Crippen molar-refractivity contribution in [2.24, 2.45) is 0 Å². The van der Waals surface area contributed by atoms with E-state index in [0.717, 1.165) is 0 Å². The van der Waals surface area contributed by atoms with Gasteiger partial charge in [0.1, 0.15) is 11.3 Å². The summed E-state index contributed by atoms with van der Waals surface area (Å²) in [4.78, 5) is 25.5. The van der Waals surface area contributed by atoms with Crippen molar-refractivity contribution in [1.82, 2.24) is 19.9 Å². The molecule has 2 aromatic rings. The predicted octanol–water partition coefficient (Wildman–Crippen LogP) is -0.0571. The van der Waals surface area contributed by atoms with E-state index in [1.54, 1.807) is 6.92 Å². The zero-order valence-corrected chi connectivity index (χ0v) is 10.6. The number of nitrogens with two attached hydrogens (primary N) is 1. The van der Waals surface area contributed by atoms with Gasteiger partial charge in [-0.3, -0.25) is 0 Å². The number of aromatic amines is 1. The fourth-order valence-electron chi connectivity index (χ4n) is 1.50. The summed E-state index contributed by atoms with van der Waals surface area (Å²) in [6.07, 6.45) is 1.24. The molecule has 0 amide bonds. The molecule has 0 spiro atoms. The second kappa shape index (κ2) is 5.34. The lowest BCUT2D eigenvalue weighted by molar-refractivity contribution is -0.169. The minimum absolute atomic E-state index is 0.309. The predicted molar refractivity (Wildman–Crippen MR) is 62.8 cm³/mol. The third-order valence-corrected chi connectivity index (χ3v) is 2.65. The summed E-state index contributed by atoms with van der Waals surface area (Å²) in [7, 11) is -2.54. The number of nitrogens with one attached hydrogen (secondary N) is 1. The van der Waals surface area contributed by atoms with E-state index in [9.17, 15) is 9.46 Å². The Morgan fingerprint density at radius 1 is 1.61 bits per heavy atom. The van der Waals surface area contributed by atoms with Crippen LogP contribution in [0.4, 0.5) is 5.82 Å². The number of fused-ring (bicyclic) bond motifs is 1. The van der Waals surface area contributed by atoms with Gasteiger partial charge in [-0.25, -0.2) is 15.0 Å². The Balaban J connectivity index is 2.09. The van der Waals surface area contributed by atoms with Crippen LogP contribution in [0.15, 0.2) is 6.33 Å². The van der Waals surface area contributed by atoms with Crippen molar-refractivity contribution in [1.29, 1.82) is 0 Å². The highest BCUT2D eigenvalue weighted by Crippen LogP contribution is 2.15. The zero-order valence-electron chi connectivity index (χ0n) is 9.66. The van der Waals surface area contributed by atoms with E-state index in [2.05, 4.69) is 19.9 Å². The van der Waals surface area contributed by atoms with Crippen LogP contribution < -0.4 is 10.6 Å². The molecule has 9 heteroatoms. The van der Waals surface area contributed by atoms with Gasteiger partial charge in [-0.2, -0.15) is 0 Å². The Morgan fingerprint density at radius 3 is 3.11 bits per heavy atom. The molecule has 2 atom stereocenters. The maximum absolute atomic E-state index is 10.4. The number of H-pyrrole nitrogens is 1. The molecular formula is C9H12N5O3P. The van der Waals surface area contributed by atoms with Gasteiger partial charge in [0.05, 0.1) is 12.4 Å². The maximum atomic E-state index is 10.4. The molecule has 96 valence electrons. The van der Waals surface area contributed by atoms with Gasteiger partial charge < -0.3 is 20.3 Å². The summed E-state index contributed by atoms with van der Waals surface area (Å²) < 4.78 is 15.5. The molecule has 0 aromatic carbocycles. The summed E-state index contributed by atoms with van der Waals surface area (Å²) in [6.45, 7) is 1.74. The first-order valence-electron chi connectivity index (χ1n) is 5.25. The van der Waals surface area contributed by atoms with Crippen molar-refractivity contribution in [3.63, 3.8) is 0 Å². The molecule has 2 unspecified atom stereocenters. The first kappa shape index (κ1) is 12.8. The number of aromatic nitrogens is 4. The van der Waals surface area contributed by atoms with E-state index in [1.165, 1.54) is 6.33 Å². The number of hydrogen-bond acceptors (Lipinski definition) is 7. The van der Waals surface area contributed by atoms with Crippen molar-refractivity contribution in [2.75, 3.05) is 12.1 Å². The van der Waals surface area contributed by atoms with Crippen LogP contribution in [0.25, 0.3) is 11.2 Å². The lowest BCUT2D eigenvalue weighted by atomic mass is 10.2. The van der Waals surface area contributed by atoms with Crippen LogP contribution in [-0.2, 0) is 15.7 Å². The smallest absolute Gasteiger partial charge is 0.337 e. The molecule has 0 aliphatic carbocycles. The quantitative estimate of drug-likeness (QED) is 0.727. The Kier molecular flexibility index (Phi) is 3.81. The molecule has 2 heterocycles. The topological polar surface area (TPSA) is 130 Å². The Bertz CT molecular complexity index is 572.